The standard InChI is InChI=1S/C23H29N3O3/c1-16-7-10-20(11-8-16)29-14-13-24-23(28)26-21-12-9-18(15-17(21)2)22(27)25-19-5-3-4-6-19/h7-12,15,19H,3-6,13-14H2,1-2H3,(H,25,27)(H2,24,26,28). The molecule has 2 aromatic carbocycles. The summed E-state index contributed by atoms with van der Waals surface area (Å²) in [6, 6.07) is 13.1. The van der Waals surface area contributed by atoms with Crippen LogP contribution < -0.4 is 20.7 Å². The normalized spacial score (nSPS) is 13.7. The molecule has 0 aliphatic heterocycles. The summed E-state index contributed by atoms with van der Waals surface area (Å²) in [6.07, 6.45) is 4.46. The van der Waals surface area contributed by atoms with E-state index in [1.54, 1.807) is 18.2 Å². The van der Waals surface area contributed by atoms with Crippen LogP contribution in [0.25, 0.3) is 0 Å². The minimum atomic E-state index is -0.302. The highest BCUT2D eigenvalue weighted by atomic mass is 16.5. The summed E-state index contributed by atoms with van der Waals surface area (Å²) < 4.78 is 5.59. The van der Waals surface area contributed by atoms with Crippen molar-refractivity contribution in [2.45, 2.75) is 45.6 Å². The second-order valence-corrected chi connectivity index (χ2v) is 7.53. The minimum Gasteiger partial charge on any atom is -0.492 e. The molecule has 0 atom stereocenters. The number of carbonyl (C=O) groups is 2. The number of anilines is 1. The lowest BCUT2D eigenvalue weighted by Gasteiger charge is -2.14. The lowest BCUT2D eigenvalue weighted by molar-refractivity contribution is 0.0938. The van der Waals surface area contributed by atoms with Gasteiger partial charge in [0, 0.05) is 17.3 Å². The molecule has 1 fully saturated rings. The molecule has 1 aliphatic carbocycles. The number of aryl methyl sites for hydroxylation is 2. The lowest BCUT2D eigenvalue weighted by Crippen LogP contribution is -2.33. The maximum Gasteiger partial charge on any atom is 0.319 e. The third-order valence-corrected chi connectivity index (χ3v) is 5.10. The molecule has 0 saturated heterocycles. The second kappa shape index (κ2) is 9.96. The average Bonchev–Trinajstić information content (AvgIpc) is 3.21. The van der Waals surface area contributed by atoms with E-state index in [1.807, 2.05) is 38.1 Å². The summed E-state index contributed by atoms with van der Waals surface area (Å²) in [6.45, 7) is 4.67. The Balaban J connectivity index is 1.43. The van der Waals surface area contributed by atoms with Gasteiger partial charge in [0.2, 0.25) is 0 Å². The zero-order chi connectivity index (χ0) is 20.6. The Labute approximate surface area is 172 Å². The molecule has 0 bridgehead atoms. The van der Waals surface area contributed by atoms with Gasteiger partial charge in [-0.1, -0.05) is 30.5 Å². The van der Waals surface area contributed by atoms with Crippen LogP contribution in [0.15, 0.2) is 42.5 Å². The molecule has 0 heterocycles. The summed E-state index contributed by atoms with van der Waals surface area (Å²) in [4.78, 5) is 24.5. The van der Waals surface area contributed by atoms with Gasteiger partial charge in [-0.05, 0) is 62.6 Å². The van der Waals surface area contributed by atoms with Crippen LogP contribution in [0.3, 0.4) is 0 Å². The van der Waals surface area contributed by atoms with E-state index in [4.69, 9.17) is 4.74 Å². The maximum absolute atomic E-state index is 12.4. The van der Waals surface area contributed by atoms with Gasteiger partial charge in [0.15, 0.2) is 0 Å². The van der Waals surface area contributed by atoms with E-state index in [1.165, 1.54) is 18.4 Å². The summed E-state index contributed by atoms with van der Waals surface area (Å²) in [5, 5.41) is 8.67. The second-order valence-electron chi connectivity index (χ2n) is 7.53. The first-order chi connectivity index (χ1) is 14.0. The fraction of sp³-hybridized carbons (Fsp3) is 0.391. The Morgan fingerprint density at radius 2 is 1.76 bits per heavy atom. The Kier molecular flexibility index (Phi) is 7.11. The zero-order valence-electron chi connectivity index (χ0n) is 17.1. The van der Waals surface area contributed by atoms with Crippen LogP contribution in [-0.2, 0) is 0 Å². The van der Waals surface area contributed by atoms with Crippen molar-refractivity contribution < 1.29 is 14.3 Å². The Bertz CT molecular complexity index is 843. The highest BCUT2D eigenvalue weighted by molar-refractivity contribution is 5.96. The van der Waals surface area contributed by atoms with Crippen molar-refractivity contribution in [3.8, 4) is 5.75 Å². The van der Waals surface area contributed by atoms with Crippen LogP contribution in [0.2, 0.25) is 0 Å². The quantitative estimate of drug-likeness (QED) is 0.616. The molecule has 6 heteroatoms. The molecule has 0 radical (unpaired) electrons. The van der Waals surface area contributed by atoms with E-state index in [0.29, 0.717) is 24.4 Å². The first kappa shape index (κ1) is 20.7. The van der Waals surface area contributed by atoms with Crippen LogP contribution in [-0.4, -0.2) is 31.1 Å². The number of nitrogens with one attached hydrogen (secondary N) is 3. The monoisotopic (exact) mass is 395 g/mol. The molecule has 0 aromatic heterocycles. The molecule has 3 amide bonds. The van der Waals surface area contributed by atoms with Crippen molar-refractivity contribution in [1.82, 2.24) is 10.6 Å². The van der Waals surface area contributed by atoms with E-state index in [2.05, 4.69) is 16.0 Å². The van der Waals surface area contributed by atoms with Crippen molar-refractivity contribution >= 4 is 17.6 Å². The lowest BCUT2D eigenvalue weighted by atomic mass is 10.1. The number of benzene rings is 2. The van der Waals surface area contributed by atoms with Gasteiger partial charge in [-0.2, -0.15) is 0 Å². The number of hydrogen-bond donors (Lipinski definition) is 3. The number of carbonyl (C=O) groups excluding carboxylic acids is 2. The van der Waals surface area contributed by atoms with Gasteiger partial charge in [0.05, 0.1) is 6.54 Å². The summed E-state index contributed by atoms with van der Waals surface area (Å²) in [7, 11) is 0. The number of urea groups is 1. The van der Waals surface area contributed by atoms with Gasteiger partial charge >= 0.3 is 6.03 Å². The number of hydrogen-bond acceptors (Lipinski definition) is 3. The van der Waals surface area contributed by atoms with Crippen molar-refractivity contribution in [3.63, 3.8) is 0 Å². The van der Waals surface area contributed by atoms with Gasteiger partial charge in [-0.25, -0.2) is 4.79 Å². The zero-order valence-corrected chi connectivity index (χ0v) is 17.1. The predicted octanol–water partition coefficient (Wildman–Crippen LogP) is 4.18. The molecule has 29 heavy (non-hydrogen) atoms. The summed E-state index contributed by atoms with van der Waals surface area (Å²) in [5.74, 6) is 0.726. The molecule has 0 spiro atoms. The molecule has 1 saturated carbocycles. The number of ether oxygens (including phenoxy) is 1. The first-order valence-corrected chi connectivity index (χ1v) is 10.2. The van der Waals surface area contributed by atoms with Crippen molar-refractivity contribution in [2.24, 2.45) is 0 Å². The van der Waals surface area contributed by atoms with Crippen LogP contribution >= 0.6 is 0 Å². The van der Waals surface area contributed by atoms with E-state index < -0.39 is 0 Å². The smallest absolute Gasteiger partial charge is 0.319 e. The molecule has 154 valence electrons. The number of rotatable bonds is 7. The SMILES string of the molecule is Cc1ccc(OCCNC(=O)Nc2ccc(C(=O)NC3CCCC3)cc2C)cc1. The highest BCUT2D eigenvalue weighted by Crippen LogP contribution is 2.20. The van der Waals surface area contributed by atoms with Gasteiger partial charge in [-0.3, -0.25) is 4.79 Å². The van der Waals surface area contributed by atoms with Crippen LogP contribution in [0.5, 0.6) is 5.75 Å². The molecule has 1 aliphatic rings. The van der Waals surface area contributed by atoms with E-state index in [0.717, 1.165) is 24.2 Å². The molecule has 2 aromatic rings. The maximum atomic E-state index is 12.4. The van der Waals surface area contributed by atoms with Crippen LogP contribution in [0, 0.1) is 13.8 Å². The van der Waals surface area contributed by atoms with E-state index >= 15 is 0 Å². The predicted molar refractivity (Wildman–Crippen MR) is 115 cm³/mol. The Morgan fingerprint density at radius 3 is 2.45 bits per heavy atom. The molecular weight excluding hydrogens is 366 g/mol. The third kappa shape index (κ3) is 6.24. The molecule has 0 unspecified atom stereocenters. The van der Waals surface area contributed by atoms with Crippen LogP contribution in [0.1, 0.15) is 47.2 Å². The summed E-state index contributed by atoms with van der Waals surface area (Å²) in [5.41, 5.74) is 3.31. The molecule has 6 nitrogen and oxygen atoms in total. The third-order valence-electron chi connectivity index (χ3n) is 5.10. The van der Waals surface area contributed by atoms with Crippen molar-refractivity contribution in [1.29, 1.82) is 0 Å². The van der Waals surface area contributed by atoms with Gasteiger partial charge in [-0.15, -0.1) is 0 Å². The fourth-order valence-corrected chi connectivity index (χ4v) is 3.42. The van der Waals surface area contributed by atoms with Crippen molar-refractivity contribution in [2.75, 3.05) is 18.5 Å². The first-order valence-electron chi connectivity index (χ1n) is 10.2. The Morgan fingerprint density at radius 1 is 1.03 bits per heavy atom. The molecule has 3 N–H and O–H groups in total. The van der Waals surface area contributed by atoms with Crippen molar-refractivity contribution in [3.05, 3.63) is 59.2 Å². The molecular formula is C23H29N3O3. The highest BCUT2D eigenvalue weighted by Gasteiger charge is 2.18. The fourth-order valence-electron chi connectivity index (χ4n) is 3.42. The molecule has 3 rings (SSSR count). The topological polar surface area (TPSA) is 79.5 Å². The van der Waals surface area contributed by atoms with Gasteiger partial charge in [0.25, 0.3) is 5.91 Å². The van der Waals surface area contributed by atoms with Gasteiger partial charge < -0.3 is 20.7 Å². The largest absolute Gasteiger partial charge is 0.492 e. The van der Waals surface area contributed by atoms with E-state index in [9.17, 15) is 9.59 Å². The van der Waals surface area contributed by atoms with E-state index in [-0.39, 0.29) is 18.0 Å². The van der Waals surface area contributed by atoms with Crippen LogP contribution in [0.4, 0.5) is 10.5 Å². The van der Waals surface area contributed by atoms with Gasteiger partial charge in [0.1, 0.15) is 12.4 Å². The minimum absolute atomic E-state index is 0.0516. The summed E-state index contributed by atoms with van der Waals surface area (Å²) >= 11 is 0. The average molecular weight is 396 g/mol. The number of amides is 3. The Hall–Kier alpha value is -3.02.